The lowest BCUT2D eigenvalue weighted by Crippen LogP contribution is -2.27. The van der Waals surface area contributed by atoms with E-state index in [1.165, 1.54) is 10.5 Å². The normalized spacial score (nSPS) is 33.4. The minimum absolute atomic E-state index is 0.501. The van der Waals surface area contributed by atoms with E-state index in [0.29, 0.717) is 18.4 Å². The molecule has 2 aliphatic rings. The van der Waals surface area contributed by atoms with Crippen molar-refractivity contribution in [2.24, 2.45) is 11.8 Å². The first-order valence-corrected chi connectivity index (χ1v) is 4.32. The number of likely N-dealkylation sites (tertiary alicyclic amines) is 1. The highest BCUT2D eigenvalue weighted by atomic mass is 16.4. The molecule has 12 heavy (non-hydrogen) atoms. The third kappa shape index (κ3) is 1.09. The van der Waals surface area contributed by atoms with Gasteiger partial charge in [-0.25, -0.2) is 4.79 Å². The molecule has 3 heteroatoms. The minimum Gasteiger partial charge on any atom is -0.465 e. The van der Waals surface area contributed by atoms with Crippen molar-refractivity contribution < 1.29 is 9.90 Å². The molecule has 1 amide bonds. The monoisotopic (exact) mass is 167 g/mol. The summed E-state index contributed by atoms with van der Waals surface area (Å²) < 4.78 is 0. The third-order valence-corrected chi connectivity index (χ3v) is 2.84. The Hall–Kier alpha value is -0.990. The van der Waals surface area contributed by atoms with E-state index in [0.717, 1.165) is 13.0 Å². The molecule has 0 spiro atoms. The first-order valence-electron chi connectivity index (χ1n) is 4.32. The van der Waals surface area contributed by atoms with Gasteiger partial charge in [-0.3, -0.25) is 0 Å². The Balaban J connectivity index is 2.05. The number of hydrogen-bond acceptors (Lipinski definition) is 1. The zero-order valence-electron chi connectivity index (χ0n) is 7.16. The summed E-state index contributed by atoms with van der Waals surface area (Å²) in [6, 6.07) is 0. The molecule has 0 aromatic rings. The standard InChI is InChI=1S/C9H13NO2/c1-6-2-7-4-10(9(11)12)5-8(7)3-6/h2,7-8H,3-5H2,1H3,(H,11,12). The first kappa shape index (κ1) is 7.65. The highest BCUT2D eigenvalue weighted by Crippen LogP contribution is 2.36. The number of amides is 1. The Morgan fingerprint density at radius 2 is 2.42 bits per heavy atom. The Labute approximate surface area is 71.7 Å². The fourth-order valence-corrected chi connectivity index (χ4v) is 2.30. The number of allylic oxidation sites excluding steroid dienone is 1. The van der Waals surface area contributed by atoms with Crippen LogP contribution in [0.1, 0.15) is 13.3 Å². The molecule has 0 radical (unpaired) electrons. The molecule has 66 valence electrons. The highest BCUT2D eigenvalue weighted by Gasteiger charge is 2.36. The van der Waals surface area contributed by atoms with Gasteiger partial charge in [0.25, 0.3) is 0 Å². The van der Waals surface area contributed by atoms with Crippen LogP contribution in [0.2, 0.25) is 0 Å². The summed E-state index contributed by atoms with van der Waals surface area (Å²) in [4.78, 5) is 12.1. The molecular formula is C9H13NO2. The molecule has 2 unspecified atom stereocenters. The molecule has 1 heterocycles. The van der Waals surface area contributed by atoms with Crippen LogP contribution in [-0.2, 0) is 0 Å². The zero-order chi connectivity index (χ0) is 8.72. The van der Waals surface area contributed by atoms with Gasteiger partial charge >= 0.3 is 6.09 Å². The zero-order valence-corrected chi connectivity index (χ0v) is 7.16. The van der Waals surface area contributed by atoms with Crippen LogP contribution >= 0.6 is 0 Å². The molecule has 1 aliphatic heterocycles. The minimum atomic E-state index is -0.768. The van der Waals surface area contributed by atoms with E-state index < -0.39 is 6.09 Å². The predicted molar refractivity (Wildman–Crippen MR) is 45.0 cm³/mol. The highest BCUT2D eigenvalue weighted by molar-refractivity contribution is 5.65. The molecule has 1 N–H and O–H groups in total. The van der Waals surface area contributed by atoms with E-state index in [2.05, 4.69) is 13.0 Å². The molecule has 0 bridgehead atoms. The lowest BCUT2D eigenvalue weighted by Gasteiger charge is -2.11. The van der Waals surface area contributed by atoms with E-state index in [4.69, 9.17) is 5.11 Å². The van der Waals surface area contributed by atoms with Gasteiger partial charge in [-0.1, -0.05) is 11.6 Å². The predicted octanol–water partition coefficient (Wildman–Crippen LogP) is 1.56. The molecule has 3 nitrogen and oxygen atoms in total. The van der Waals surface area contributed by atoms with E-state index in [1.54, 1.807) is 0 Å². The molecule has 1 aliphatic carbocycles. The van der Waals surface area contributed by atoms with Crippen molar-refractivity contribution in [3.8, 4) is 0 Å². The first-order chi connectivity index (χ1) is 5.66. The molecule has 2 rings (SSSR count). The molecule has 2 atom stereocenters. The van der Waals surface area contributed by atoms with Crippen LogP contribution in [0, 0.1) is 11.8 Å². The maximum Gasteiger partial charge on any atom is 0.407 e. The molecule has 0 aromatic carbocycles. The summed E-state index contributed by atoms with van der Waals surface area (Å²) in [6.07, 6.45) is 2.55. The van der Waals surface area contributed by atoms with Crippen LogP contribution in [0.3, 0.4) is 0 Å². The van der Waals surface area contributed by atoms with Crippen LogP contribution in [0.5, 0.6) is 0 Å². The van der Waals surface area contributed by atoms with Crippen molar-refractivity contribution in [1.82, 2.24) is 4.90 Å². The Morgan fingerprint density at radius 1 is 1.67 bits per heavy atom. The van der Waals surface area contributed by atoms with Crippen molar-refractivity contribution in [1.29, 1.82) is 0 Å². The van der Waals surface area contributed by atoms with Crippen LogP contribution in [0.15, 0.2) is 11.6 Å². The summed E-state index contributed by atoms with van der Waals surface area (Å²) in [5.74, 6) is 1.07. The fourth-order valence-electron chi connectivity index (χ4n) is 2.30. The number of hydrogen-bond donors (Lipinski definition) is 1. The molecule has 1 fully saturated rings. The van der Waals surface area contributed by atoms with E-state index in [-0.39, 0.29) is 0 Å². The molecule has 1 saturated heterocycles. The largest absolute Gasteiger partial charge is 0.465 e. The van der Waals surface area contributed by atoms with Gasteiger partial charge in [-0.2, -0.15) is 0 Å². The average molecular weight is 167 g/mol. The van der Waals surface area contributed by atoms with E-state index in [9.17, 15) is 4.79 Å². The van der Waals surface area contributed by atoms with Gasteiger partial charge < -0.3 is 10.0 Å². The summed E-state index contributed by atoms with van der Waals surface area (Å²) >= 11 is 0. The lowest BCUT2D eigenvalue weighted by atomic mass is 10.00. The molecule has 0 saturated carbocycles. The van der Waals surface area contributed by atoms with Crippen LogP contribution in [0.25, 0.3) is 0 Å². The van der Waals surface area contributed by atoms with E-state index in [1.807, 2.05) is 0 Å². The lowest BCUT2D eigenvalue weighted by molar-refractivity contribution is 0.153. The number of carboxylic acid groups (broad SMARTS) is 1. The number of nitrogens with zero attached hydrogens (tertiary/aromatic N) is 1. The average Bonchev–Trinajstić information content (AvgIpc) is 2.42. The second-order valence-corrected chi connectivity index (χ2v) is 3.83. The number of rotatable bonds is 0. The third-order valence-electron chi connectivity index (χ3n) is 2.84. The van der Waals surface area contributed by atoms with E-state index >= 15 is 0 Å². The van der Waals surface area contributed by atoms with Gasteiger partial charge in [0, 0.05) is 13.1 Å². The maximum atomic E-state index is 10.6. The molecule has 0 aromatic heterocycles. The van der Waals surface area contributed by atoms with Crippen LogP contribution < -0.4 is 0 Å². The van der Waals surface area contributed by atoms with Gasteiger partial charge in [0.15, 0.2) is 0 Å². The van der Waals surface area contributed by atoms with Crippen molar-refractivity contribution in [2.45, 2.75) is 13.3 Å². The summed E-state index contributed by atoms with van der Waals surface area (Å²) in [6.45, 7) is 3.56. The second-order valence-electron chi connectivity index (χ2n) is 3.83. The Bertz CT molecular complexity index is 247. The van der Waals surface area contributed by atoms with Crippen LogP contribution in [-0.4, -0.2) is 29.2 Å². The topological polar surface area (TPSA) is 40.5 Å². The van der Waals surface area contributed by atoms with Gasteiger partial charge in [0.2, 0.25) is 0 Å². The summed E-state index contributed by atoms with van der Waals surface area (Å²) in [5.41, 5.74) is 1.43. The van der Waals surface area contributed by atoms with Crippen molar-refractivity contribution in [2.75, 3.05) is 13.1 Å². The summed E-state index contributed by atoms with van der Waals surface area (Å²) in [5, 5.41) is 8.74. The smallest absolute Gasteiger partial charge is 0.407 e. The maximum absolute atomic E-state index is 10.6. The van der Waals surface area contributed by atoms with Crippen molar-refractivity contribution in [3.05, 3.63) is 11.6 Å². The van der Waals surface area contributed by atoms with Crippen LogP contribution in [0.4, 0.5) is 4.79 Å². The summed E-state index contributed by atoms with van der Waals surface area (Å²) in [7, 11) is 0. The van der Waals surface area contributed by atoms with Gasteiger partial charge in [0.1, 0.15) is 0 Å². The second kappa shape index (κ2) is 2.51. The Morgan fingerprint density at radius 3 is 3.00 bits per heavy atom. The Kier molecular flexibility index (Phi) is 1.60. The van der Waals surface area contributed by atoms with Gasteiger partial charge in [-0.05, 0) is 25.2 Å². The molecular weight excluding hydrogens is 154 g/mol. The number of fused-ring (bicyclic) bond motifs is 1. The number of carbonyl (C=O) groups is 1. The SMILES string of the molecule is CC1=CC2CN(C(=O)O)CC2C1. The fraction of sp³-hybridized carbons (Fsp3) is 0.667. The van der Waals surface area contributed by atoms with Crippen molar-refractivity contribution in [3.63, 3.8) is 0 Å². The van der Waals surface area contributed by atoms with Gasteiger partial charge in [0.05, 0.1) is 0 Å². The van der Waals surface area contributed by atoms with Crippen molar-refractivity contribution >= 4 is 6.09 Å². The quantitative estimate of drug-likeness (QED) is 0.556. The van der Waals surface area contributed by atoms with Gasteiger partial charge in [-0.15, -0.1) is 0 Å².